The number of phenols is 1. The summed E-state index contributed by atoms with van der Waals surface area (Å²) in [5, 5.41) is 9.90. The molecular weight excluding hydrogens is 322 g/mol. The van der Waals surface area contributed by atoms with Gasteiger partial charge in [0.05, 0.1) is 11.3 Å². The molecule has 0 amide bonds. The Kier molecular flexibility index (Phi) is 3.17. The van der Waals surface area contributed by atoms with Crippen molar-refractivity contribution < 1.29 is 9.84 Å². The number of nitrogens with zero attached hydrogens (tertiary/aromatic N) is 1. The van der Waals surface area contributed by atoms with Crippen LogP contribution in [-0.2, 0) is 11.3 Å². The van der Waals surface area contributed by atoms with Gasteiger partial charge in [-0.1, -0.05) is 18.2 Å². The van der Waals surface area contributed by atoms with Gasteiger partial charge in [0.25, 0.3) is 0 Å². The third-order valence-corrected chi connectivity index (χ3v) is 5.69. The highest BCUT2D eigenvalue weighted by Gasteiger charge is 2.57. The van der Waals surface area contributed by atoms with Gasteiger partial charge in [0.1, 0.15) is 11.5 Å². The van der Waals surface area contributed by atoms with Crippen molar-refractivity contribution in [1.82, 2.24) is 0 Å². The summed E-state index contributed by atoms with van der Waals surface area (Å²) in [7, 11) is 2.06. The van der Waals surface area contributed by atoms with Crippen LogP contribution >= 0.6 is 11.6 Å². The molecule has 2 aromatic rings. The van der Waals surface area contributed by atoms with E-state index >= 15 is 0 Å². The molecule has 1 N–H and O–H groups in total. The normalized spacial score (nSPS) is 23.1. The van der Waals surface area contributed by atoms with Gasteiger partial charge in [0, 0.05) is 23.9 Å². The van der Waals surface area contributed by atoms with E-state index in [1.807, 2.05) is 12.1 Å². The van der Waals surface area contributed by atoms with E-state index < -0.39 is 5.72 Å². The number of hydrogen-bond donors (Lipinski definition) is 1. The van der Waals surface area contributed by atoms with Gasteiger partial charge in [0.15, 0.2) is 0 Å². The van der Waals surface area contributed by atoms with Crippen molar-refractivity contribution in [1.29, 1.82) is 0 Å². The van der Waals surface area contributed by atoms with Crippen LogP contribution in [-0.4, -0.2) is 17.9 Å². The maximum absolute atomic E-state index is 9.90. The molecule has 124 valence electrons. The van der Waals surface area contributed by atoms with Crippen molar-refractivity contribution in [3.63, 3.8) is 0 Å². The van der Waals surface area contributed by atoms with Crippen molar-refractivity contribution in [2.24, 2.45) is 0 Å². The summed E-state index contributed by atoms with van der Waals surface area (Å²) in [6.07, 6.45) is 4.12. The summed E-state index contributed by atoms with van der Waals surface area (Å²) in [6, 6.07) is 11.8. The van der Waals surface area contributed by atoms with E-state index in [9.17, 15) is 5.11 Å². The van der Waals surface area contributed by atoms with E-state index in [0.717, 1.165) is 16.9 Å². The molecule has 2 aromatic carbocycles. The summed E-state index contributed by atoms with van der Waals surface area (Å²) < 4.78 is 6.61. The number of para-hydroxylation sites is 1. The average Bonchev–Trinajstić information content (AvgIpc) is 2.74. The number of halogens is 1. The Morgan fingerprint density at radius 1 is 1.21 bits per heavy atom. The second-order valence-corrected chi connectivity index (χ2v) is 7.26. The summed E-state index contributed by atoms with van der Waals surface area (Å²) in [4.78, 5) is 2.19. The number of ether oxygens (including phenoxy) is 1. The molecule has 0 aliphatic carbocycles. The largest absolute Gasteiger partial charge is 0.508 e. The maximum Gasteiger partial charge on any atom is 0.211 e. The Morgan fingerprint density at radius 3 is 2.67 bits per heavy atom. The van der Waals surface area contributed by atoms with Crippen LogP contribution in [0, 0.1) is 0 Å². The number of rotatable bonds is 1. The lowest BCUT2D eigenvalue weighted by molar-refractivity contribution is 0.0573. The molecule has 0 aromatic heterocycles. The van der Waals surface area contributed by atoms with Gasteiger partial charge >= 0.3 is 0 Å². The van der Waals surface area contributed by atoms with E-state index in [2.05, 4.69) is 50.1 Å². The molecule has 0 saturated carbocycles. The Morgan fingerprint density at radius 2 is 1.96 bits per heavy atom. The van der Waals surface area contributed by atoms with Crippen LogP contribution in [0.1, 0.15) is 30.5 Å². The van der Waals surface area contributed by atoms with Crippen LogP contribution in [0.25, 0.3) is 6.08 Å². The fraction of sp³-hybridized carbons (Fsp3) is 0.300. The van der Waals surface area contributed by atoms with Crippen LogP contribution in [0.2, 0.25) is 0 Å². The van der Waals surface area contributed by atoms with Crippen molar-refractivity contribution in [3.8, 4) is 11.5 Å². The summed E-state index contributed by atoms with van der Waals surface area (Å²) >= 11 is 6.10. The quantitative estimate of drug-likeness (QED) is 0.766. The topological polar surface area (TPSA) is 32.7 Å². The minimum Gasteiger partial charge on any atom is -0.508 e. The standard InChI is InChI=1S/C20H20ClNO2/c1-19(2)16-6-4-5-7-17(16)22(3)20(19)9-8-13-10-15(23)11-14(12-21)18(13)24-20/h4-11,23H,12H2,1-3H3. The second kappa shape index (κ2) is 4.93. The van der Waals surface area contributed by atoms with E-state index in [1.54, 1.807) is 12.1 Å². The fourth-order valence-corrected chi connectivity index (χ4v) is 4.24. The highest BCUT2D eigenvalue weighted by molar-refractivity contribution is 6.17. The molecule has 3 nitrogen and oxygen atoms in total. The number of phenolic OH excluding ortho intramolecular Hbond substituents is 1. The first kappa shape index (κ1) is 15.4. The Bertz CT molecular complexity index is 859. The lowest BCUT2D eigenvalue weighted by Gasteiger charge is -2.46. The van der Waals surface area contributed by atoms with Gasteiger partial charge in [0.2, 0.25) is 5.72 Å². The summed E-state index contributed by atoms with van der Waals surface area (Å²) in [6.45, 7) is 4.40. The smallest absolute Gasteiger partial charge is 0.211 e. The number of hydrogen-bond acceptors (Lipinski definition) is 3. The summed E-state index contributed by atoms with van der Waals surface area (Å²) in [5.74, 6) is 1.24. The summed E-state index contributed by atoms with van der Waals surface area (Å²) in [5.41, 5.74) is 3.22. The molecular formula is C20H20ClNO2. The molecule has 1 atom stereocenters. The minimum atomic E-state index is -0.624. The number of fused-ring (bicyclic) bond motifs is 2. The predicted octanol–water partition coefficient (Wildman–Crippen LogP) is 4.66. The molecule has 2 aliphatic rings. The zero-order valence-electron chi connectivity index (χ0n) is 14.0. The van der Waals surface area contributed by atoms with E-state index in [1.165, 1.54) is 11.3 Å². The maximum atomic E-state index is 9.90. The van der Waals surface area contributed by atoms with Crippen molar-refractivity contribution in [3.05, 3.63) is 59.2 Å². The average molecular weight is 342 g/mol. The number of benzene rings is 2. The van der Waals surface area contributed by atoms with Crippen LogP contribution in [0.3, 0.4) is 0 Å². The van der Waals surface area contributed by atoms with Crippen LogP contribution in [0.15, 0.2) is 42.5 Å². The Hall–Kier alpha value is -2.13. The first-order valence-electron chi connectivity index (χ1n) is 8.04. The molecule has 2 aliphatic heterocycles. The molecule has 4 rings (SSSR count). The molecule has 0 saturated heterocycles. The van der Waals surface area contributed by atoms with Crippen molar-refractivity contribution in [2.75, 3.05) is 11.9 Å². The van der Waals surface area contributed by atoms with Crippen LogP contribution in [0.4, 0.5) is 5.69 Å². The minimum absolute atomic E-state index is 0.205. The zero-order valence-corrected chi connectivity index (χ0v) is 14.8. The third kappa shape index (κ3) is 1.79. The van der Waals surface area contributed by atoms with E-state index in [-0.39, 0.29) is 17.0 Å². The molecule has 1 unspecified atom stereocenters. The van der Waals surface area contributed by atoms with Gasteiger partial charge in [-0.15, -0.1) is 11.6 Å². The second-order valence-electron chi connectivity index (χ2n) is 6.99. The fourth-order valence-electron chi connectivity index (χ4n) is 4.04. The first-order valence-corrected chi connectivity index (χ1v) is 8.57. The van der Waals surface area contributed by atoms with Crippen LogP contribution < -0.4 is 9.64 Å². The lowest BCUT2D eigenvalue weighted by atomic mass is 9.76. The van der Waals surface area contributed by atoms with Gasteiger partial charge in [-0.05, 0) is 49.8 Å². The molecule has 2 heterocycles. The van der Waals surface area contributed by atoms with Crippen molar-refractivity contribution in [2.45, 2.75) is 30.9 Å². The molecule has 4 heteroatoms. The zero-order chi connectivity index (χ0) is 17.1. The molecule has 1 spiro atoms. The lowest BCUT2D eigenvalue weighted by Crippen LogP contribution is -2.58. The van der Waals surface area contributed by atoms with Gasteiger partial charge in [-0.2, -0.15) is 0 Å². The number of aromatic hydroxyl groups is 1. The number of anilines is 1. The monoisotopic (exact) mass is 341 g/mol. The van der Waals surface area contributed by atoms with Crippen LogP contribution in [0.5, 0.6) is 11.5 Å². The highest BCUT2D eigenvalue weighted by Crippen LogP contribution is 2.54. The van der Waals surface area contributed by atoms with Crippen molar-refractivity contribution >= 4 is 23.4 Å². The third-order valence-electron chi connectivity index (χ3n) is 5.40. The predicted molar refractivity (Wildman–Crippen MR) is 97.9 cm³/mol. The Labute approximate surface area is 147 Å². The first-order chi connectivity index (χ1) is 11.4. The molecule has 0 bridgehead atoms. The number of alkyl halides is 1. The number of likely N-dealkylation sites (N-methyl/N-ethyl adjacent to an activating group) is 1. The van der Waals surface area contributed by atoms with Gasteiger partial charge in [-0.25, -0.2) is 0 Å². The SMILES string of the molecule is CN1c2ccccc2C(C)(C)C12C=Cc1cc(O)cc(CCl)c1O2. The van der Waals surface area contributed by atoms with E-state index in [4.69, 9.17) is 16.3 Å². The van der Waals surface area contributed by atoms with Gasteiger partial charge < -0.3 is 14.7 Å². The van der Waals surface area contributed by atoms with Gasteiger partial charge in [-0.3, -0.25) is 0 Å². The Balaban J connectivity index is 1.91. The molecule has 0 fully saturated rings. The molecule has 0 radical (unpaired) electrons. The highest BCUT2D eigenvalue weighted by atomic mass is 35.5. The van der Waals surface area contributed by atoms with E-state index in [0.29, 0.717) is 0 Å². The molecule has 24 heavy (non-hydrogen) atoms.